The predicted octanol–water partition coefficient (Wildman–Crippen LogP) is 2.13. The third kappa shape index (κ3) is 4.68. The first kappa shape index (κ1) is 21.1. The second-order valence-electron chi connectivity index (χ2n) is 7.33. The predicted molar refractivity (Wildman–Crippen MR) is 113 cm³/mol. The highest BCUT2D eigenvalue weighted by atomic mass is 16.4. The lowest BCUT2D eigenvalue weighted by atomic mass is 9.83. The van der Waals surface area contributed by atoms with Crippen molar-refractivity contribution in [3.05, 3.63) is 72.6 Å². The molecule has 2 aromatic carbocycles. The third-order valence-corrected chi connectivity index (χ3v) is 5.20. The van der Waals surface area contributed by atoms with Crippen LogP contribution in [0, 0.1) is 5.92 Å². The maximum absolute atomic E-state index is 12.6. The molecule has 1 aliphatic rings. The van der Waals surface area contributed by atoms with Crippen molar-refractivity contribution in [1.82, 2.24) is 10.2 Å². The van der Waals surface area contributed by atoms with E-state index in [0.29, 0.717) is 25.2 Å². The molecule has 156 valence electrons. The summed E-state index contributed by atoms with van der Waals surface area (Å²) in [5.74, 6) is -2.47. The van der Waals surface area contributed by atoms with Gasteiger partial charge in [0.1, 0.15) is 6.04 Å². The molecule has 3 rings (SSSR count). The van der Waals surface area contributed by atoms with Crippen molar-refractivity contribution in [2.24, 2.45) is 11.7 Å². The van der Waals surface area contributed by atoms with Crippen molar-refractivity contribution in [1.29, 1.82) is 0 Å². The largest absolute Gasteiger partial charge is 0.480 e. The van der Waals surface area contributed by atoms with Gasteiger partial charge in [0.05, 0.1) is 18.2 Å². The molecule has 4 N–H and O–H groups in total. The van der Waals surface area contributed by atoms with Crippen molar-refractivity contribution in [2.45, 2.75) is 25.3 Å². The normalized spacial score (nSPS) is 17.9. The van der Waals surface area contributed by atoms with E-state index >= 15 is 0 Å². The number of nitrogens with zero attached hydrogens (tertiary/aromatic N) is 1. The molecule has 0 aliphatic carbocycles. The standard InChI is InChI=1S/C23H25N3O4/c1-15(24)25-13-5-8-19-21(23(29)30)26(22(19)28)20(27)14-16-9-11-18(12-10-16)17-6-3-2-4-7-17/h2-4,6-7,9-12,19,21,25H,1,5,8,13-14,24H2,(H,29,30)/t19-,21?/m1/s1. The third-order valence-electron chi connectivity index (χ3n) is 5.20. The van der Waals surface area contributed by atoms with Crippen LogP contribution in [0.1, 0.15) is 18.4 Å². The zero-order chi connectivity index (χ0) is 21.7. The molecule has 1 unspecified atom stereocenters. The van der Waals surface area contributed by atoms with Crippen LogP contribution in [-0.4, -0.2) is 40.4 Å². The lowest BCUT2D eigenvalue weighted by molar-refractivity contribution is -0.177. The summed E-state index contributed by atoms with van der Waals surface area (Å²) in [6.45, 7) is 4.01. The molecule has 1 aliphatic heterocycles. The Bertz CT molecular complexity index is 941. The molecule has 0 saturated carbocycles. The molecule has 30 heavy (non-hydrogen) atoms. The first-order valence-corrected chi connectivity index (χ1v) is 9.80. The fourth-order valence-corrected chi connectivity index (χ4v) is 3.67. The summed E-state index contributed by atoms with van der Waals surface area (Å²) in [7, 11) is 0. The van der Waals surface area contributed by atoms with Crippen LogP contribution in [0.2, 0.25) is 0 Å². The molecule has 0 spiro atoms. The van der Waals surface area contributed by atoms with Crippen molar-refractivity contribution < 1.29 is 19.5 Å². The summed E-state index contributed by atoms with van der Waals surface area (Å²) >= 11 is 0. The minimum absolute atomic E-state index is 0.0220. The van der Waals surface area contributed by atoms with E-state index in [1.54, 1.807) is 0 Å². The zero-order valence-corrected chi connectivity index (χ0v) is 16.6. The number of carbonyl (C=O) groups is 3. The number of β-lactam (4-membered cyclic amide) rings is 1. The monoisotopic (exact) mass is 407 g/mol. The molecule has 1 saturated heterocycles. The van der Waals surface area contributed by atoms with Crippen molar-refractivity contribution in [3.8, 4) is 11.1 Å². The highest BCUT2D eigenvalue weighted by Gasteiger charge is 2.53. The molecule has 7 heteroatoms. The summed E-state index contributed by atoms with van der Waals surface area (Å²) in [5.41, 5.74) is 8.23. The molecular weight excluding hydrogens is 382 g/mol. The first-order chi connectivity index (χ1) is 14.4. The Morgan fingerprint density at radius 3 is 2.30 bits per heavy atom. The number of rotatable bonds is 9. The van der Waals surface area contributed by atoms with Gasteiger partial charge in [-0.2, -0.15) is 0 Å². The lowest BCUT2D eigenvalue weighted by Gasteiger charge is -2.43. The Morgan fingerprint density at radius 1 is 1.07 bits per heavy atom. The molecule has 1 fully saturated rings. The maximum Gasteiger partial charge on any atom is 0.327 e. The quantitative estimate of drug-likeness (QED) is 0.434. The van der Waals surface area contributed by atoms with Crippen LogP contribution in [-0.2, 0) is 20.8 Å². The highest BCUT2D eigenvalue weighted by Crippen LogP contribution is 2.31. The number of hydrogen-bond donors (Lipinski definition) is 3. The van der Waals surface area contributed by atoms with Gasteiger partial charge in [-0.25, -0.2) is 4.79 Å². The number of hydrogen-bond acceptors (Lipinski definition) is 5. The highest BCUT2D eigenvalue weighted by molar-refractivity contribution is 6.08. The number of benzene rings is 2. The molecule has 0 bridgehead atoms. The van der Waals surface area contributed by atoms with E-state index < -0.39 is 29.7 Å². The second-order valence-corrected chi connectivity index (χ2v) is 7.33. The summed E-state index contributed by atoms with van der Waals surface area (Å²) in [4.78, 5) is 37.6. The van der Waals surface area contributed by atoms with E-state index in [0.717, 1.165) is 21.6 Å². The average Bonchev–Trinajstić information content (AvgIpc) is 2.72. The molecule has 0 aromatic heterocycles. The van der Waals surface area contributed by atoms with Gasteiger partial charge in [0.25, 0.3) is 0 Å². The van der Waals surface area contributed by atoms with Crippen LogP contribution in [0.3, 0.4) is 0 Å². The van der Waals surface area contributed by atoms with Crippen LogP contribution < -0.4 is 11.1 Å². The van der Waals surface area contributed by atoms with E-state index in [9.17, 15) is 19.5 Å². The van der Waals surface area contributed by atoms with Gasteiger partial charge in [-0.3, -0.25) is 14.5 Å². The van der Waals surface area contributed by atoms with Gasteiger partial charge in [-0.1, -0.05) is 61.2 Å². The fourth-order valence-electron chi connectivity index (χ4n) is 3.67. The molecule has 7 nitrogen and oxygen atoms in total. The lowest BCUT2D eigenvalue weighted by Crippen LogP contribution is -2.66. The summed E-state index contributed by atoms with van der Waals surface area (Å²) in [5, 5.41) is 12.4. The van der Waals surface area contributed by atoms with Crippen LogP contribution in [0.25, 0.3) is 11.1 Å². The van der Waals surface area contributed by atoms with Crippen molar-refractivity contribution in [3.63, 3.8) is 0 Å². The average molecular weight is 407 g/mol. The Morgan fingerprint density at radius 2 is 1.70 bits per heavy atom. The molecule has 2 aromatic rings. The summed E-state index contributed by atoms with van der Waals surface area (Å²) in [6, 6.07) is 16.2. The van der Waals surface area contributed by atoms with Crippen LogP contribution >= 0.6 is 0 Å². The first-order valence-electron chi connectivity index (χ1n) is 9.80. The smallest absolute Gasteiger partial charge is 0.327 e. The van der Waals surface area contributed by atoms with Gasteiger partial charge in [0.2, 0.25) is 11.8 Å². The fraction of sp³-hybridized carbons (Fsp3) is 0.261. The Balaban J connectivity index is 1.61. The Kier molecular flexibility index (Phi) is 6.51. The van der Waals surface area contributed by atoms with Crippen LogP contribution in [0.15, 0.2) is 67.0 Å². The Labute approximate surface area is 175 Å². The van der Waals surface area contributed by atoms with Gasteiger partial charge >= 0.3 is 5.97 Å². The number of imide groups is 1. The van der Waals surface area contributed by atoms with Gasteiger partial charge in [-0.05, 0) is 29.5 Å². The van der Waals surface area contributed by atoms with Crippen LogP contribution in [0.4, 0.5) is 0 Å². The maximum atomic E-state index is 12.6. The number of likely N-dealkylation sites (tertiary alicyclic amines) is 1. The molecule has 0 radical (unpaired) electrons. The molecule has 2 atom stereocenters. The van der Waals surface area contributed by atoms with Gasteiger partial charge in [0.15, 0.2) is 0 Å². The van der Waals surface area contributed by atoms with E-state index in [4.69, 9.17) is 5.73 Å². The number of carbonyl (C=O) groups excluding carboxylic acids is 2. The molecule has 1 heterocycles. The SMILES string of the molecule is C=C(N)NCCC[C@H]1C(=O)N(C(=O)Cc2ccc(-c3ccccc3)cc2)C1C(=O)O. The van der Waals surface area contributed by atoms with E-state index in [1.165, 1.54) is 0 Å². The van der Waals surface area contributed by atoms with E-state index in [2.05, 4.69) is 11.9 Å². The van der Waals surface area contributed by atoms with E-state index in [-0.39, 0.29) is 6.42 Å². The number of nitrogens with one attached hydrogen (secondary N) is 1. The summed E-state index contributed by atoms with van der Waals surface area (Å²) in [6.07, 6.45) is 0.900. The number of aliphatic carboxylic acids is 1. The van der Waals surface area contributed by atoms with E-state index in [1.807, 2.05) is 54.6 Å². The molecule has 2 amide bonds. The number of amides is 2. The van der Waals surface area contributed by atoms with Crippen LogP contribution in [0.5, 0.6) is 0 Å². The van der Waals surface area contributed by atoms with Gasteiger partial charge in [-0.15, -0.1) is 0 Å². The number of carboxylic acids is 1. The minimum atomic E-state index is -1.16. The van der Waals surface area contributed by atoms with Gasteiger partial charge < -0.3 is 16.2 Å². The minimum Gasteiger partial charge on any atom is -0.480 e. The van der Waals surface area contributed by atoms with Crippen molar-refractivity contribution in [2.75, 3.05) is 6.54 Å². The van der Waals surface area contributed by atoms with Crippen molar-refractivity contribution >= 4 is 17.8 Å². The Hall–Kier alpha value is -3.61. The summed E-state index contributed by atoms with van der Waals surface area (Å²) < 4.78 is 0. The second kappa shape index (κ2) is 9.26. The molecular formula is C23H25N3O4. The zero-order valence-electron chi connectivity index (χ0n) is 16.6. The number of carboxylic acid groups (broad SMARTS) is 1. The number of nitrogens with two attached hydrogens (primary N) is 1. The van der Waals surface area contributed by atoms with Gasteiger partial charge in [0, 0.05) is 6.54 Å². The topological polar surface area (TPSA) is 113 Å².